The Hall–Kier alpha value is 0.930. The van der Waals surface area contributed by atoms with Crippen molar-refractivity contribution < 1.29 is 8.42 Å². The summed E-state index contributed by atoms with van der Waals surface area (Å²) in [5.41, 5.74) is 0. The highest BCUT2D eigenvalue weighted by Gasteiger charge is 2.43. The normalized spacial score (nSPS) is 17.3. The number of benzene rings is 1. The Morgan fingerprint density at radius 3 is 2.13 bits per heavy atom. The zero-order chi connectivity index (χ0) is 17.3. The van der Waals surface area contributed by atoms with Crippen LogP contribution in [0.3, 0.4) is 0 Å². The summed E-state index contributed by atoms with van der Waals surface area (Å²) in [6, 6.07) is 5.73. The number of rotatable bonds is 6. The van der Waals surface area contributed by atoms with Gasteiger partial charge in [0.25, 0.3) is 10.0 Å². The van der Waals surface area contributed by atoms with Crippen molar-refractivity contribution in [1.82, 2.24) is 3.71 Å². The Bertz CT molecular complexity index is 630. The van der Waals surface area contributed by atoms with Gasteiger partial charge in [-0.05, 0) is 49.1 Å². The van der Waals surface area contributed by atoms with E-state index in [9.17, 15) is 8.42 Å². The third-order valence-electron chi connectivity index (χ3n) is 3.44. The van der Waals surface area contributed by atoms with E-state index >= 15 is 0 Å². The minimum atomic E-state index is -3.82. The van der Waals surface area contributed by atoms with Crippen LogP contribution in [0.2, 0.25) is 5.02 Å². The van der Waals surface area contributed by atoms with Crippen molar-refractivity contribution in [3.8, 4) is 0 Å². The van der Waals surface area contributed by atoms with E-state index in [1.54, 1.807) is 0 Å². The monoisotopic (exact) mass is 455 g/mol. The van der Waals surface area contributed by atoms with Crippen LogP contribution in [0.15, 0.2) is 29.2 Å². The van der Waals surface area contributed by atoms with E-state index in [-0.39, 0.29) is 10.9 Å². The maximum absolute atomic E-state index is 13.0. The molecule has 10 heteroatoms. The lowest BCUT2D eigenvalue weighted by Gasteiger charge is -2.32. The van der Waals surface area contributed by atoms with Crippen LogP contribution in [0.1, 0.15) is 25.7 Å². The van der Waals surface area contributed by atoms with E-state index in [2.05, 4.69) is 0 Å². The first-order valence-corrected chi connectivity index (χ1v) is 11.0. The van der Waals surface area contributed by atoms with Crippen LogP contribution in [-0.2, 0) is 10.0 Å². The van der Waals surface area contributed by atoms with Gasteiger partial charge in [-0.1, -0.05) is 47.6 Å². The minimum Gasteiger partial charge on any atom is -0.206 e. The molecule has 1 aromatic rings. The first-order valence-electron chi connectivity index (χ1n) is 6.79. The maximum Gasteiger partial charge on any atom is 0.252 e. The fourth-order valence-corrected chi connectivity index (χ4v) is 6.34. The maximum atomic E-state index is 13.0. The Balaban J connectivity index is 2.37. The second kappa shape index (κ2) is 8.09. The average Bonchev–Trinajstić information content (AvgIpc) is 2.98. The highest BCUT2D eigenvalue weighted by molar-refractivity contribution is 8.11. The first-order chi connectivity index (χ1) is 10.6. The molecule has 1 aromatic carbocycles. The lowest BCUT2D eigenvalue weighted by atomic mass is 10.3. The molecule has 0 unspecified atom stereocenters. The van der Waals surface area contributed by atoms with Crippen molar-refractivity contribution in [2.24, 2.45) is 0 Å². The number of alkyl halides is 4. The Kier molecular flexibility index (Phi) is 7.12. The van der Waals surface area contributed by atoms with Gasteiger partial charge in [-0.2, -0.15) is 0 Å². The quantitative estimate of drug-likeness (QED) is 0.397. The molecule has 0 heterocycles. The molecule has 0 amide bonds. The predicted octanol–water partition coefficient (Wildman–Crippen LogP) is 5.86. The number of hydrogen-bond acceptors (Lipinski definition) is 3. The summed E-state index contributed by atoms with van der Waals surface area (Å²) < 4.78 is 25.5. The summed E-state index contributed by atoms with van der Waals surface area (Å²) >= 11 is 30.3. The van der Waals surface area contributed by atoms with Gasteiger partial charge < -0.3 is 0 Å². The lowest BCUT2D eigenvalue weighted by Crippen LogP contribution is -2.37. The molecule has 1 aliphatic rings. The molecule has 1 aliphatic carbocycles. The van der Waals surface area contributed by atoms with Crippen molar-refractivity contribution in [2.75, 3.05) is 0 Å². The van der Waals surface area contributed by atoms with Gasteiger partial charge in [0.05, 0.1) is 4.90 Å². The number of sulfonamides is 1. The van der Waals surface area contributed by atoms with Crippen molar-refractivity contribution in [3.63, 3.8) is 0 Å². The van der Waals surface area contributed by atoms with Gasteiger partial charge in [-0.3, -0.25) is 0 Å². The molecule has 0 aliphatic heterocycles. The van der Waals surface area contributed by atoms with Crippen LogP contribution >= 0.6 is 70.0 Å². The Morgan fingerprint density at radius 2 is 1.65 bits per heavy atom. The molecule has 0 N–H and O–H groups in total. The molecule has 1 fully saturated rings. The van der Waals surface area contributed by atoms with Crippen LogP contribution < -0.4 is 0 Å². The summed E-state index contributed by atoms with van der Waals surface area (Å²) in [5.74, 6) is 0. The largest absolute Gasteiger partial charge is 0.252 e. The summed E-state index contributed by atoms with van der Waals surface area (Å²) in [7, 11) is -3.82. The van der Waals surface area contributed by atoms with Crippen LogP contribution in [-0.4, -0.2) is 26.7 Å². The van der Waals surface area contributed by atoms with E-state index in [4.69, 9.17) is 58.0 Å². The zero-order valence-electron chi connectivity index (χ0n) is 11.8. The van der Waals surface area contributed by atoms with Crippen LogP contribution in [0.25, 0.3) is 0 Å². The van der Waals surface area contributed by atoms with E-state index in [0.29, 0.717) is 5.02 Å². The van der Waals surface area contributed by atoms with Gasteiger partial charge in [-0.25, -0.2) is 8.42 Å². The molecule has 0 atom stereocenters. The molecule has 0 saturated heterocycles. The standard InChI is InChI=1S/C13H14Cl5NO2S2/c14-9-5-7-11(8-6-9)23(20,21)19(10-3-1-2-4-10)22-13(17,18)12(15)16/h5-8,10,12H,1-4H2. The van der Waals surface area contributed by atoms with E-state index in [1.165, 1.54) is 28.0 Å². The summed E-state index contributed by atoms with van der Waals surface area (Å²) in [6.45, 7) is 0. The van der Waals surface area contributed by atoms with Crippen molar-refractivity contribution in [3.05, 3.63) is 29.3 Å². The lowest BCUT2D eigenvalue weighted by molar-refractivity contribution is 0.462. The van der Waals surface area contributed by atoms with E-state index in [1.807, 2.05) is 0 Å². The summed E-state index contributed by atoms with van der Waals surface area (Å²) in [4.78, 5) is -1.04. The smallest absolute Gasteiger partial charge is 0.206 e. The van der Waals surface area contributed by atoms with Crippen LogP contribution in [0.5, 0.6) is 0 Å². The van der Waals surface area contributed by atoms with Gasteiger partial charge in [0.15, 0.2) is 4.84 Å². The molecule has 0 aromatic heterocycles. The molecule has 0 spiro atoms. The molecule has 1 saturated carbocycles. The molecule has 0 radical (unpaired) electrons. The van der Waals surface area contributed by atoms with Crippen molar-refractivity contribution in [2.45, 2.75) is 45.1 Å². The van der Waals surface area contributed by atoms with Crippen molar-refractivity contribution >= 4 is 80.0 Å². The Morgan fingerprint density at radius 1 is 1.13 bits per heavy atom. The molecular weight excluding hydrogens is 444 g/mol. The van der Waals surface area contributed by atoms with Gasteiger partial charge >= 0.3 is 0 Å². The zero-order valence-corrected chi connectivity index (χ0v) is 17.2. The second-order valence-corrected chi connectivity index (χ2v) is 11.7. The molecule has 130 valence electrons. The number of hydrogen-bond donors (Lipinski definition) is 0. The topological polar surface area (TPSA) is 37.4 Å². The highest BCUT2D eigenvalue weighted by atomic mass is 35.5. The van der Waals surface area contributed by atoms with Gasteiger partial charge in [0.2, 0.25) is 3.67 Å². The summed E-state index contributed by atoms with van der Waals surface area (Å²) in [6.07, 6.45) is 3.36. The second-order valence-electron chi connectivity index (χ2n) is 5.11. The number of nitrogens with zero attached hydrogens (tertiary/aromatic N) is 1. The molecular formula is C13H14Cl5NO2S2. The summed E-state index contributed by atoms with van der Waals surface area (Å²) in [5, 5.41) is 0.453. The average molecular weight is 458 g/mol. The molecule has 0 bridgehead atoms. The van der Waals surface area contributed by atoms with E-state index < -0.39 is 18.5 Å². The van der Waals surface area contributed by atoms with Gasteiger partial charge in [0.1, 0.15) is 0 Å². The van der Waals surface area contributed by atoms with Crippen molar-refractivity contribution in [1.29, 1.82) is 0 Å². The highest BCUT2D eigenvalue weighted by Crippen LogP contribution is 2.48. The fourth-order valence-electron chi connectivity index (χ4n) is 2.31. The van der Waals surface area contributed by atoms with Crippen LogP contribution in [0, 0.1) is 0 Å². The molecule has 3 nitrogen and oxygen atoms in total. The van der Waals surface area contributed by atoms with Crippen LogP contribution in [0.4, 0.5) is 0 Å². The van der Waals surface area contributed by atoms with Gasteiger partial charge in [-0.15, -0.1) is 26.9 Å². The molecule has 2 rings (SSSR count). The Labute approximate surface area is 165 Å². The first kappa shape index (κ1) is 20.2. The van der Waals surface area contributed by atoms with E-state index in [0.717, 1.165) is 37.6 Å². The predicted molar refractivity (Wildman–Crippen MR) is 100 cm³/mol. The minimum absolute atomic E-state index is 0.117. The molecule has 23 heavy (non-hydrogen) atoms. The fraction of sp³-hybridized carbons (Fsp3) is 0.538. The SMILES string of the molecule is O=S(=O)(c1ccc(Cl)cc1)N(SC(Cl)(Cl)C(Cl)Cl)C1CCCC1. The third-order valence-corrected chi connectivity index (χ3v) is 9.31. The number of halogens is 5. The third kappa shape index (κ3) is 4.98. The van der Waals surface area contributed by atoms with Gasteiger partial charge in [0, 0.05) is 11.1 Å².